The lowest BCUT2D eigenvalue weighted by atomic mass is 10.1. The monoisotopic (exact) mass is 370 g/mol. The first-order valence-corrected chi connectivity index (χ1v) is 7.48. The lowest BCUT2D eigenvalue weighted by Crippen LogP contribution is -2.37. The van der Waals surface area contributed by atoms with E-state index in [1.807, 2.05) is 18.3 Å². The molecule has 3 nitrogen and oxygen atoms in total. The molecule has 4 heteroatoms. The van der Waals surface area contributed by atoms with Crippen molar-refractivity contribution in [3.63, 3.8) is 0 Å². The normalized spacial score (nSPS) is 11.8. The second kappa shape index (κ2) is 6.05. The molecule has 0 atom stereocenters. The molecule has 0 amide bonds. The smallest absolute Gasteiger partial charge is 0.196 e. The number of nitrogens with zero attached hydrogens (tertiary/aromatic N) is 1. The number of hydrogen-bond donors (Lipinski definition) is 1. The number of rotatable bonds is 4. The molecule has 19 heavy (non-hydrogen) atoms. The Balaban J connectivity index is 2.02. The predicted octanol–water partition coefficient (Wildman–Crippen LogP) is 3.88. The lowest BCUT2D eigenvalue weighted by molar-refractivity contribution is 0.412. The summed E-state index contributed by atoms with van der Waals surface area (Å²) in [6, 6.07) is 8.16. The van der Waals surface area contributed by atoms with Crippen molar-refractivity contribution >= 4 is 22.6 Å². The van der Waals surface area contributed by atoms with Gasteiger partial charge in [-0.1, -0.05) is 18.2 Å². The van der Waals surface area contributed by atoms with Gasteiger partial charge in [-0.25, -0.2) is 4.98 Å². The molecule has 2 aromatic rings. The van der Waals surface area contributed by atoms with Gasteiger partial charge in [0.05, 0.1) is 6.20 Å². The van der Waals surface area contributed by atoms with Crippen molar-refractivity contribution in [2.45, 2.75) is 32.7 Å². The van der Waals surface area contributed by atoms with E-state index < -0.39 is 0 Å². The third kappa shape index (κ3) is 4.31. The van der Waals surface area contributed by atoms with Crippen molar-refractivity contribution in [1.82, 2.24) is 10.3 Å². The molecule has 0 aliphatic rings. The van der Waals surface area contributed by atoms with Crippen LogP contribution in [-0.2, 0) is 6.42 Å². The van der Waals surface area contributed by atoms with E-state index in [2.05, 4.69) is 65.8 Å². The van der Waals surface area contributed by atoms with Gasteiger partial charge < -0.3 is 9.73 Å². The van der Waals surface area contributed by atoms with Gasteiger partial charge in [0.15, 0.2) is 11.7 Å². The summed E-state index contributed by atoms with van der Waals surface area (Å²) in [7, 11) is 0. The third-order valence-electron chi connectivity index (χ3n) is 2.69. The van der Waals surface area contributed by atoms with Crippen LogP contribution < -0.4 is 5.32 Å². The minimum absolute atomic E-state index is 0.129. The summed E-state index contributed by atoms with van der Waals surface area (Å²) in [6.45, 7) is 7.33. The van der Waals surface area contributed by atoms with Gasteiger partial charge in [-0.2, -0.15) is 0 Å². The highest BCUT2D eigenvalue weighted by molar-refractivity contribution is 14.1. The van der Waals surface area contributed by atoms with Crippen LogP contribution in [0.4, 0.5) is 0 Å². The van der Waals surface area contributed by atoms with Crippen LogP contribution in [0.1, 0.15) is 26.7 Å². The van der Waals surface area contributed by atoms with Crippen molar-refractivity contribution in [2.24, 2.45) is 0 Å². The average molecular weight is 370 g/mol. The van der Waals surface area contributed by atoms with Crippen LogP contribution in [0, 0.1) is 3.57 Å². The lowest BCUT2D eigenvalue weighted by Gasteiger charge is -2.19. The summed E-state index contributed by atoms with van der Waals surface area (Å²) in [6.07, 6.45) is 2.62. The molecular formula is C15H19IN2O. The Kier molecular flexibility index (Phi) is 4.62. The summed E-state index contributed by atoms with van der Waals surface area (Å²) in [5.41, 5.74) is 1.23. The number of hydrogen-bond acceptors (Lipinski definition) is 3. The fourth-order valence-electron chi connectivity index (χ4n) is 1.76. The molecule has 1 N–H and O–H groups in total. The Hall–Kier alpha value is -0.880. The Bertz CT molecular complexity index is 543. The van der Waals surface area contributed by atoms with Crippen LogP contribution in [0.25, 0.3) is 11.3 Å². The van der Waals surface area contributed by atoms with E-state index in [-0.39, 0.29) is 5.54 Å². The molecule has 1 aromatic carbocycles. The molecule has 1 aromatic heterocycles. The summed E-state index contributed by atoms with van der Waals surface area (Å²) >= 11 is 2.31. The second-order valence-electron chi connectivity index (χ2n) is 5.52. The molecule has 0 aliphatic carbocycles. The van der Waals surface area contributed by atoms with Crippen LogP contribution in [0.15, 0.2) is 34.9 Å². The van der Waals surface area contributed by atoms with Crippen molar-refractivity contribution < 1.29 is 4.42 Å². The maximum atomic E-state index is 5.81. The Labute approximate surface area is 128 Å². The van der Waals surface area contributed by atoms with Gasteiger partial charge in [-0.3, -0.25) is 0 Å². The number of benzene rings is 1. The molecule has 0 spiro atoms. The van der Waals surface area contributed by atoms with E-state index in [1.54, 1.807) is 0 Å². The molecule has 0 saturated heterocycles. The highest BCUT2D eigenvalue weighted by atomic mass is 127. The van der Waals surface area contributed by atoms with E-state index in [0.717, 1.165) is 30.2 Å². The third-order valence-corrected chi connectivity index (χ3v) is 3.63. The van der Waals surface area contributed by atoms with E-state index in [0.29, 0.717) is 0 Å². The Morgan fingerprint density at radius 1 is 1.26 bits per heavy atom. The van der Waals surface area contributed by atoms with Crippen molar-refractivity contribution in [3.05, 3.63) is 39.9 Å². The largest absolute Gasteiger partial charge is 0.441 e. The van der Waals surface area contributed by atoms with Gasteiger partial charge in [-0.05, 0) is 49.4 Å². The first-order valence-electron chi connectivity index (χ1n) is 6.40. The Morgan fingerprint density at radius 3 is 2.68 bits per heavy atom. The number of halogens is 1. The van der Waals surface area contributed by atoms with Crippen LogP contribution in [0.3, 0.4) is 0 Å². The van der Waals surface area contributed by atoms with Gasteiger partial charge >= 0.3 is 0 Å². The van der Waals surface area contributed by atoms with Crippen molar-refractivity contribution in [1.29, 1.82) is 0 Å². The van der Waals surface area contributed by atoms with Crippen LogP contribution in [0.5, 0.6) is 0 Å². The molecule has 1 heterocycles. The maximum absolute atomic E-state index is 5.81. The molecule has 0 bridgehead atoms. The fourth-order valence-corrected chi connectivity index (χ4v) is 2.41. The zero-order chi connectivity index (χ0) is 13.9. The van der Waals surface area contributed by atoms with Crippen molar-refractivity contribution in [3.8, 4) is 11.3 Å². The second-order valence-corrected chi connectivity index (χ2v) is 6.69. The van der Waals surface area contributed by atoms with Crippen LogP contribution in [0.2, 0.25) is 0 Å². The van der Waals surface area contributed by atoms with Gasteiger partial charge in [0.1, 0.15) is 0 Å². The zero-order valence-electron chi connectivity index (χ0n) is 11.5. The summed E-state index contributed by atoms with van der Waals surface area (Å²) in [5, 5.41) is 3.43. The van der Waals surface area contributed by atoms with Crippen molar-refractivity contribution in [2.75, 3.05) is 6.54 Å². The first kappa shape index (κ1) is 14.5. The minimum Gasteiger partial charge on any atom is -0.441 e. The number of nitrogens with one attached hydrogen (secondary N) is 1. The van der Waals surface area contributed by atoms with Gasteiger partial charge in [0.25, 0.3) is 0 Å². The molecule has 102 valence electrons. The fraction of sp³-hybridized carbons (Fsp3) is 0.400. The number of aromatic nitrogens is 1. The summed E-state index contributed by atoms with van der Waals surface area (Å²) in [4.78, 5) is 4.34. The molecular weight excluding hydrogens is 351 g/mol. The average Bonchev–Trinajstić information content (AvgIpc) is 2.76. The van der Waals surface area contributed by atoms with E-state index in [1.165, 1.54) is 3.57 Å². The standard InChI is InChI=1S/C15H19IN2O/c1-15(2,3)18-9-8-14-17-10-13(19-14)11-6-4-5-7-12(11)16/h4-7,10,18H,8-9H2,1-3H3. The van der Waals surface area contributed by atoms with E-state index in [9.17, 15) is 0 Å². The minimum atomic E-state index is 0.129. The van der Waals surface area contributed by atoms with Gasteiger partial charge in [-0.15, -0.1) is 0 Å². The first-order chi connectivity index (χ1) is 8.96. The molecule has 0 fully saturated rings. The van der Waals surface area contributed by atoms with E-state index >= 15 is 0 Å². The highest BCUT2D eigenvalue weighted by Crippen LogP contribution is 2.25. The Morgan fingerprint density at radius 2 is 2.00 bits per heavy atom. The molecule has 0 unspecified atom stereocenters. The van der Waals surface area contributed by atoms with Gasteiger partial charge in [0, 0.05) is 27.6 Å². The summed E-state index contributed by atoms with van der Waals surface area (Å²) < 4.78 is 6.99. The molecule has 0 radical (unpaired) electrons. The van der Waals surface area contributed by atoms with Crippen LogP contribution in [-0.4, -0.2) is 17.1 Å². The van der Waals surface area contributed by atoms with Gasteiger partial charge in [0.2, 0.25) is 0 Å². The predicted molar refractivity (Wildman–Crippen MR) is 86.1 cm³/mol. The quantitative estimate of drug-likeness (QED) is 0.831. The molecule has 2 rings (SSSR count). The zero-order valence-corrected chi connectivity index (χ0v) is 13.7. The molecule has 0 saturated carbocycles. The van der Waals surface area contributed by atoms with Crippen LogP contribution >= 0.6 is 22.6 Å². The SMILES string of the molecule is CC(C)(C)NCCc1ncc(-c2ccccc2I)o1. The summed E-state index contributed by atoms with van der Waals surface area (Å²) in [5.74, 6) is 1.63. The van der Waals surface area contributed by atoms with E-state index in [4.69, 9.17) is 4.42 Å². The highest BCUT2D eigenvalue weighted by Gasteiger charge is 2.11. The molecule has 0 aliphatic heterocycles. The topological polar surface area (TPSA) is 38.1 Å². The number of oxazole rings is 1. The maximum Gasteiger partial charge on any atom is 0.196 e.